The zero-order valence-corrected chi connectivity index (χ0v) is 22.2. The maximum absolute atomic E-state index is 13.4. The van der Waals surface area contributed by atoms with Crippen molar-refractivity contribution in [3.05, 3.63) is 125 Å². The van der Waals surface area contributed by atoms with Crippen LogP contribution in [-0.4, -0.2) is 15.6 Å². The second-order valence-electron chi connectivity index (χ2n) is 10.2. The molecule has 1 atom stereocenters. The second-order valence-corrected chi connectivity index (χ2v) is 10.2. The van der Waals surface area contributed by atoms with Gasteiger partial charge in [-0.15, -0.1) is 6.42 Å². The second kappa shape index (κ2) is 10.9. The number of nitrogens with zero attached hydrogens (tertiary/aromatic N) is 2. The molecule has 0 saturated carbocycles. The Balaban J connectivity index is 1.38. The fraction of sp³-hybridized carbons (Fsp3) is 0.200. The molecule has 0 fully saturated rings. The minimum absolute atomic E-state index is 0.0439. The van der Waals surface area contributed by atoms with Gasteiger partial charge in [-0.25, -0.2) is 0 Å². The third kappa shape index (κ3) is 5.31. The molecule has 4 aromatic carbocycles. The number of fused-ring (bicyclic) bond motifs is 1. The molecule has 5 aromatic rings. The minimum Gasteiger partial charge on any atom is -0.294 e. The summed E-state index contributed by atoms with van der Waals surface area (Å²) in [7, 11) is 0. The summed E-state index contributed by atoms with van der Waals surface area (Å²) >= 11 is 0. The summed E-state index contributed by atoms with van der Waals surface area (Å²) < 4.78 is 1.99. The van der Waals surface area contributed by atoms with Crippen LogP contribution in [0.5, 0.6) is 0 Å². The molecule has 0 radical (unpaired) electrons. The van der Waals surface area contributed by atoms with Gasteiger partial charge >= 0.3 is 0 Å². The van der Waals surface area contributed by atoms with Crippen LogP contribution >= 0.6 is 0 Å². The number of aryl methyl sites for hydroxylation is 1. The molecule has 0 unspecified atom stereocenters. The summed E-state index contributed by atoms with van der Waals surface area (Å²) in [5.41, 5.74) is 8.36. The molecule has 0 spiro atoms. The fourth-order valence-corrected chi connectivity index (χ4v) is 4.95. The van der Waals surface area contributed by atoms with Crippen LogP contribution in [0, 0.1) is 19.3 Å². The average Bonchev–Trinajstić information content (AvgIpc) is 3.26. The lowest BCUT2D eigenvalue weighted by Gasteiger charge is -2.14. The largest absolute Gasteiger partial charge is 0.294 e. The van der Waals surface area contributed by atoms with Crippen LogP contribution in [-0.2, 0) is 6.54 Å². The number of carbonyl (C=O) groups is 1. The van der Waals surface area contributed by atoms with E-state index in [9.17, 15) is 4.79 Å². The van der Waals surface area contributed by atoms with Crippen LogP contribution in [0.15, 0.2) is 97.1 Å². The van der Waals surface area contributed by atoms with Crippen molar-refractivity contribution in [1.82, 2.24) is 9.78 Å². The first-order valence-electron chi connectivity index (χ1n) is 13.1. The Kier molecular flexibility index (Phi) is 7.24. The number of ketones is 1. The van der Waals surface area contributed by atoms with Gasteiger partial charge in [-0.3, -0.25) is 9.48 Å². The molecule has 0 saturated heterocycles. The highest BCUT2D eigenvalue weighted by atomic mass is 16.1. The van der Waals surface area contributed by atoms with Gasteiger partial charge < -0.3 is 0 Å². The van der Waals surface area contributed by atoms with Gasteiger partial charge in [-0.05, 0) is 46.7 Å². The Labute approximate surface area is 225 Å². The highest BCUT2D eigenvalue weighted by Crippen LogP contribution is 2.27. The summed E-state index contributed by atoms with van der Waals surface area (Å²) in [5.74, 6) is 3.04. The number of aromatic nitrogens is 2. The summed E-state index contributed by atoms with van der Waals surface area (Å²) in [5, 5.41) is 5.85. The molecule has 1 aromatic heterocycles. The first-order valence-corrected chi connectivity index (χ1v) is 13.1. The Bertz CT molecular complexity index is 1620. The third-order valence-electron chi connectivity index (χ3n) is 7.22. The van der Waals surface area contributed by atoms with E-state index in [4.69, 9.17) is 11.5 Å². The van der Waals surface area contributed by atoms with Crippen molar-refractivity contribution < 1.29 is 4.79 Å². The standard InChI is InChI=1S/C35H32N2O/c1-5-27(31-13-9-12-30(20-31)24(2)3)22-35(38)32-18-19-33-25(4)36-37(34(33)21-32)23-26-14-16-29(17-15-26)28-10-7-6-8-11-28/h1,6-21,24,27H,22-23H2,2-4H3/t27-/m1/s1. The lowest BCUT2D eigenvalue weighted by molar-refractivity contribution is 0.0979. The van der Waals surface area contributed by atoms with E-state index < -0.39 is 0 Å². The number of rotatable bonds is 8. The Hall–Kier alpha value is -4.42. The maximum Gasteiger partial charge on any atom is 0.164 e. The molecule has 1 heterocycles. The van der Waals surface area contributed by atoms with Crippen molar-refractivity contribution in [3.8, 4) is 23.5 Å². The molecular formula is C35H32N2O. The average molecular weight is 497 g/mol. The van der Waals surface area contributed by atoms with Crippen molar-refractivity contribution in [2.75, 3.05) is 0 Å². The van der Waals surface area contributed by atoms with E-state index in [0.717, 1.165) is 27.7 Å². The zero-order valence-electron chi connectivity index (χ0n) is 22.2. The molecule has 0 bridgehead atoms. The minimum atomic E-state index is -0.258. The Morgan fingerprint density at radius 2 is 1.58 bits per heavy atom. The topological polar surface area (TPSA) is 34.9 Å². The lowest BCUT2D eigenvalue weighted by Crippen LogP contribution is -2.08. The van der Waals surface area contributed by atoms with E-state index >= 15 is 0 Å². The number of hydrogen-bond acceptors (Lipinski definition) is 2. The zero-order chi connectivity index (χ0) is 26.6. The van der Waals surface area contributed by atoms with Gasteiger partial charge in [0.2, 0.25) is 0 Å². The van der Waals surface area contributed by atoms with Crippen molar-refractivity contribution in [2.45, 2.75) is 45.6 Å². The summed E-state index contributed by atoms with van der Waals surface area (Å²) in [6.07, 6.45) is 6.17. The predicted molar refractivity (Wildman–Crippen MR) is 157 cm³/mol. The molecule has 0 aliphatic rings. The monoisotopic (exact) mass is 496 g/mol. The third-order valence-corrected chi connectivity index (χ3v) is 7.22. The number of hydrogen-bond donors (Lipinski definition) is 0. The van der Waals surface area contributed by atoms with Crippen molar-refractivity contribution >= 4 is 16.7 Å². The van der Waals surface area contributed by atoms with Crippen LogP contribution in [0.1, 0.15) is 64.8 Å². The summed E-state index contributed by atoms with van der Waals surface area (Å²) in [6, 6.07) is 33.1. The first kappa shape index (κ1) is 25.2. The number of terminal acetylenes is 1. The normalized spacial score (nSPS) is 12.0. The van der Waals surface area contributed by atoms with E-state index in [2.05, 4.69) is 80.4 Å². The van der Waals surface area contributed by atoms with Crippen LogP contribution in [0.2, 0.25) is 0 Å². The van der Waals surface area contributed by atoms with Gasteiger partial charge in [0.05, 0.1) is 23.7 Å². The lowest BCUT2D eigenvalue weighted by atomic mass is 9.89. The molecule has 0 aliphatic carbocycles. The van der Waals surface area contributed by atoms with Gasteiger partial charge in [0, 0.05) is 17.4 Å². The van der Waals surface area contributed by atoms with Crippen LogP contribution in [0.3, 0.4) is 0 Å². The van der Waals surface area contributed by atoms with E-state index in [0.29, 0.717) is 18.0 Å². The molecule has 0 aliphatic heterocycles. The number of carbonyl (C=O) groups excluding carboxylic acids is 1. The number of benzene rings is 4. The molecule has 188 valence electrons. The van der Waals surface area contributed by atoms with Crippen molar-refractivity contribution in [2.24, 2.45) is 0 Å². The quantitative estimate of drug-likeness (QED) is 0.160. The first-order chi connectivity index (χ1) is 18.4. The van der Waals surface area contributed by atoms with E-state index in [1.165, 1.54) is 16.7 Å². The van der Waals surface area contributed by atoms with Crippen molar-refractivity contribution in [1.29, 1.82) is 0 Å². The maximum atomic E-state index is 13.4. The van der Waals surface area contributed by atoms with Gasteiger partial charge in [0.15, 0.2) is 5.78 Å². The summed E-state index contributed by atoms with van der Waals surface area (Å²) in [6.45, 7) is 6.96. The highest BCUT2D eigenvalue weighted by Gasteiger charge is 2.18. The Morgan fingerprint density at radius 1 is 0.868 bits per heavy atom. The van der Waals surface area contributed by atoms with Crippen LogP contribution in [0.25, 0.3) is 22.0 Å². The van der Waals surface area contributed by atoms with Gasteiger partial charge in [-0.2, -0.15) is 5.10 Å². The molecule has 3 heteroatoms. The molecule has 3 nitrogen and oxygen atoms in total. The van der Waals surface area contributed by atoms with E-state index in [1.54, 1.807) is 0 Å². The SMILES string of the molecule is C#C[C@H](CC(=O)c1ccc2c(C)nn(Cc3ccc(-c4ccccc4)cc3)c2c1)c1cccc(C(C)C)c1. The van der Waals surface area contributed by atoms with E-state index in [-0.39, 0.29) is 18.1 Å². The van der Waals surface area contributed by atoms with Gasteiger partial charge in [-0.1, -0.05) is 111 Å². The van der Waals surface area contributed by atoms with Gasteiger partial charge in [0.1, 0.15) is 0 Å². The molecule has 0 N–H and O–H groups in total. The van der Waals surface area contributed by atoms with Gasteiger partial charge in [0.25, 0.3) is 0 Å². The predicted octanol–water partition coefficient (Wildman–Crippen LogP) is 8.17. The van der Waals surface area contributed by atoms with Crippen LogP contribution in [0.4, 0.5) is 0 Å². The molecule has 38 heavy (non-hydrogen) atoms. The Morgan fingerprint density at radius 3 is 2.29 bits per heavy atom. The van der Waals surface area contributed by atoms with E-state index in [1.807, 2.05) is 48.0 Å². The fourth-order valence-electron chi connectivity index (χ4n) is 4.95. The highest BCUT2D eigenvalue weighted by molar-refractivity contribution is 6.00. The molecule has 0 amide bonds. The molecule has 5 rings (SSSR count). The molecular weight excluding hydrogens is 464 g/mol. The summed E-state index contributed by atoms with van der Waals surface area (Å²) in [4.78, 5) is 13.4. The number of Topliss-reactive ketones (excluding diaryl/α,β-unsaturated/α-hetero) is 1. The van der Waals surface area contributed by atoms with Crippen molar-refractivity contribution in [3.63, 3.8) is 0 Å². The smallest absolute Gasteiger partial charge is 0.164 e. The van der Waals surface area contributed by atoms with Crippen LogP contribution < -0.4 is 0 Å².